The normalized spacial score (nSPS) is 16.3. The predicted molar refractivity (Wildman–Crippen MR) is 128 cm³/mol. The third-order valence-electron chi connectivity index (χ3n) is 6.26. The second-order valence-corrected chi connectivity index (χ2v) is 9.39. The highest BCUT2D eigenvalue weighted by Crippen LogP contribution is 2.39. The number of Topliss-reactive ketones (excluding diaryl/α,β-unsaturated/α-hetero) is 1. The molecule has 170 valence electrons. The Kier molecular flexibility index (Phi) is 6.25. The second kappa shape index (κ2) is 9.12. The molecular formula is C25H25N3O4S. The van der Waals surface area contributed by atoms with Gasteiger partial charge in [0.1, 0.15) is 17.1 Å². The molecule has 0 aliphatic carbocycles. The van der Waals surface area contributed by atoms with Gasteiger partial charge in [-0.2, -0.15) is 5.26 Å². The third kappa shape index (κ3) is 4.50. The average molecular weight is 464 g/mol. The maximum atomic E-state index is 12.3. The van der Waals surface area contributed by atoms with Crippen molar-refractivity contribution in [2.75, 3.05) is 25.9 Å². The SMILES string of the molecule is COc1ccc2c(C)c(N)sc2c1.N#Cc1ccc2c(c1)C(=O)CC1(CCN(C=O)CC1)O2. The standard InChI is InChI=1S/C15H14N2O3.C10H11NOS/c16-9-11-1-2-14-12(7-11)13(19)8-15(20-14)3-5-17(10-18)6-4-15;1-6-8-4-3-7(12-2)5-9(8)13-10(6)11/h1-2,7,10H,3-6,8H2;3-5H,11H2,1-2H3. The summed E-state index contributed by atoms with van der Waals surface area (Å²) < 4.78 is 12.4. The number of hydrogen-bond donors (Lipinski definition) is 1. The van der Waals surface area contributed by atoms with Gasteiger partial charge in [-0.05, 0) is 54.3 Å². The van der Waals surface area contributed by atoms with Gasteiger partial charge in [-0.1, -0.05) is 0 Å². The van der Waals surface area contributed by atoms with E-state index < -0.39 is 5.60 Å². The van der Waals surface area contributed by atoms with E-state index in [1.54, 1.807) is 41.5 Å². The minimum atomic E-state index is -0.488. The van der Waals surface area contributed by atoms with Crippen LogP contribution in [0, 0.1) is 18.3 Å². The Labute approximate surface area is 196 Å². The van der Waals surface area contributed by atoms with Crippen LogP contribution in [0.25, 0.3) is 10.1 Å². The van der Waals surface area contributed by atoms with Crippen molar-refractivity contribution < 1.29 is 19.1 Å². The quantitative estimate of drug-likeness (QED) is 0.568. The number of nitrogen functional groups attached to an aromatic ring is 1. The Morgan fingerprint density at radius 2 is 2.00 bits per heavy atom. The topological polar surface area (TPSA) is 106 Å². The lowest BCUT2D eigenvalue weighted by atomic mass is 9.82. The van der Waals surface area contributed by atoms with Crippen molar-refractivity contribution >= 4 is 38.6 Å². The number of carbonyl (C=O) groups excluding carboxylic acids is 2. The van der Waals surface area contributed by atoms with Crippen LogP contribution in [0.1, 0.15) is 40.7 Å². The maximum Gasteiger partial charge on any atom is 0.209 e. The second-order valence-electron chi connectivity index (χ2n) is 8.30. The van der Waals surface area contributed by atoms with E-state index in [9.17, 15) is 9.59 Å². The summed E-state index contributed by atoms with van der Waals surface area (Å²) in [6.07, 6.45) is 2.49. The zero-order chi connectivity index (χ0) is 23.6. The van der Waals surface area contributed by atoms with E-state index in [1.165, 1.54) is 15.6 Å². The lowest BCUT2D eigenvalue weighted by Crippen LogP contribution is -2.50. The lowest BCUT2D eigenvalue weighted by molar-refractivity contribution is -0.121. The van der Waals surface area contributed by atoms with E-state index >= 15 is 0 Å². The molecule has 1 amide bonds. The zero-order valence-electron chi connectivity index (χ0n) is 18.6. The summed E-state index contributed by atoms with van der Waals surface area (Å²) in [5.74, 6) is 1.46. The molecule has 0 unspecified atom stereocenters. The monoisotopic (exact) mass is 463 g/mol. The number of thiophene rings is 1. The fraction of sp³-hybridized carbons (Fsp3) is 0.320. The smallest absolute Gasteiger partial charge is 0.209 e. The van der Waals surface area contributed by atoms with Crippen LogP contribution in [-0.4, -0.2) is 42.9 Å². The molecule has 0 bridgehead atoms. The number of carbonyl (C=O) groups is 2. The summed E-state index contributed by atoms with van der Waals surface area (Å²) in [5.41, 5.74) is 7.46. The molecule has 33 heavy (non-hydrogen) atoms. The van der Waals surface area contributed by atoms with Gasteiger partial charge in [0.2, 0.25) is 6.41 Å². The fourth-order valence-corrected chi connectivity index (χ4v) is 5.24. The molecule has 3 aromatic rings. The van der Waals surface area contributed by atoms with E-state index in [4.69, 9.17) is 20.5 Å². The molecule has 2 N–H and O–H groups in total. The van der Waals surface area contributed by atoms with Crippen LogP contribution >= 0.6 is 11.3 Å². The summed E-state index contributed by atoms with van der Waals surface area (Å²) in [7, 11) is 1.67. The molecule has 5 rings (SSSR count). The van der Waals surface area contributed by atoms with Crippen molar-refractivity contribution in [2.24, 2.45) is 0 Å². The number of amides is 1. The van der Waals surface area contributed by atoms with Crippen LogP contribution in [0.2, 0.25) is 0 Å². The first-order chi connectivity index (χ1) is 15.9. The number of fused-ring (bicyclic) bond motifs is 2. The van der Waals surface area contributed by atoms with Crippen LogP contribution < -0.4 is 15.2 Å². The molecule has 3 heterocycles. The first kappa shape index (κ1) is 22.6. The number of nitriles is 1. The molecule has 1 saturated heterocycles. The number of methoxy groups -OCH3 is 1. The highest BCUT2D eigenvalue weighted by atomic mass is 32.1. The molecule has 8 heteroatoms. The van der Waals surface area contributed by atoms with Crippen molar-refractivity contribution in [1.29, 1.82) is 5.26 Å². The van der Waals surface area contributed by atoms with Gasteiger partial charge in [0.05, 0.1) is 35.7 Å². The number of benzene rings is 2. The van der Waals surface area contributed by atoms with Crippen molar-refractivity contribution in [2.45, 2.75) is 31.8 Å². The molecule has 7 nitrogen and oxygen atoms in total. The Morgan fingerprint density at radius 3 is 2.67 bits per heavy atom. The zero-order valence-corrected chi connectivity index (χ0v) is 19.4. The number of ketones is 1. The van der Waals surface area contributed by atoms with Crippen LogP contribution in [-0.2, 0) is 4.79 Å². The number of nitrogens with zero attached hydrogens (tertiary/aromatic N) is 2. The molecule has 0 radical (unpaired) electrons. The summed E-state index contributed by atoms with van der Waals surface area (Å²) in [6, 6.07) is 13.0. The van der Waals surface area contributed by atoms with Crippen LogP contribution in [0.3, 0.4) is 0 Å². The largest absolute Gasteiger partial charge is 0.497 e. The maximum absolute atomic E-state index is 12.3. The van der Waals surface area contributed by atoms with E-state index in [0.29, 0.717) is 49.2 Å². The number of ether oxygens (including phenoxy) is 2. The van der Waals surface area contributed by atoms with Gasteiger partial charge in [0.15, 0.2) is 5.78 Å². The number of nitrogens with two attached hydrogens (primary N) is 1. The molecule has 2 aliphatic rings. The van der Waals surface area contributed by atoms with E-state index in [-0.39, 0.29) is 5.78 Å². The van der Waals surface area contributed by atoms with E-state index in [1.807, 2.05) is 25.1 Å². The van der Waals surface area contributed by atoms with Gasteiger partial charge in [-0.3, -0.25) is 9.59 Å². The lowest BCUT2D eigenvalue weighted by Gasteiger charge is -2.43. The van der Waals surface area contributed by atoms with Gasteiger partial charge in [-0.25, -0.2) is 0 Å². The molecule has 2 aromatic carbocycles. The molecular weight excluding hydrogens is 438 g/mol. The predicted octanol–water partition coefficient (Wildman–Crippen LogP) is 4.32. The Hall–Kier alpha value is -3.57. The number of aryl methyl sites for hydroxylation is 1. The highest BCUT2D eigenvalue weighted by Gasteiger charge is 2.42. The minimum absolute atomic E-state index is 0.0166. The van der Waals surface area contributed by atoms with Crippen LogP contribution in [0.4, 0.5) is 5.00 Å². The molecule has 1 aromatic heterocycles. The highest BCUT2D eigenvalue weighted by molar-refractivity contribution is 7.22. The number of hydrogen-bond acceptors (Lipinski definition) is 7. The van der Waals surface area contributed by atoms with E-state index in [2.05, 4.69) is 6.07 Å². The van der Waals surface area contributed by atoms with Crippen molar-refractivity contribution in [3.63, 3.8) is 0 Å². The summed E-state index contributed by atoms with van der Waals surface area (Å²) >= 11 is 1.61. The van der Waals surface area contributed by atoms with Gasteiger partial charge < -0.3 is 20.1 Å². The van der Waals surface area contributed by atoms with Gasteiger partial charge >= 0.3 is 0 Å². The number of piperidine rings is 1. The number of anilines is 1. The van der Waals surface area contributed by atoms with Crippen molar-refractivity contribution in [3.8, 4) is 17.6 Å². The molecule has 2 aliphatic heterocycles. The average Bonchev–Trinajstić information content (AvgIpc) is 3.12. The van der Waals surface area contributed by atoms with Crippen molar-refractivity contribution in [1.82, 2.24) is 4.90 Å². The molecule has 1 spiro atoms. The van der Waals surface area contributed by atoms with Crippen LogP contribution in [0.5, 0.6) is 11.5 Å². The van der Waals surface area contributed by atoms with Gasteiger partial charge in [0, 0.05) is 30.6 Å². The van der Waals surface area contributed by atoms with Gasteiger partial charge in [0.25, 0.3) is 0 Å². The Balaban J connectivity index is 0.000000172. The third-order valence-corrected chi connectivity index (χ3v) is 7.34. The molecule has 1 fully saturated rings. The first-order valence-corrected chi connectivity index (χ1v) is 11.5. The summed E-state index contributed by atoms with van der Waals surface area (Å²) in [6.45, 7) is 3.27. The molecule has 0 atom stereocenters. The molecule has 0 saturated carbocycles. The summed E-state index contributed by atoms with van der Waals surface area (Å²) in [4.78, 5) is 24.8. The summed E-state index contributed by atoms with van der Waals surface area (Å²) in [5, 5.41) is 11.0. The van der Waals surface area contributed by atoms with E-state index in [0.717, 1.165) is 17.2 Å². The van der Waals surface area contributed by atoms with Crippen LogP contribution in [0.15, 0.2) is 36.4 Å². The minimum Gasteiger partial charge on any atom is -0.497 e. The number of likely N-dealkylation sites (tertiary alicyclic amines) is 1. The van der Waals surface area contributed by atoms with Gasteiger partial charge in [-0.15, -0.1) is 11.3 Å². The number of rotatable bonds is 2. The Morgan fingerprint density at radius 1 is 1.24 bits per heavy atom. The van der Waals surface area contributed by atoms with Crippen molar-refractivity contribution in [3.05, 3.63) is 53.1 Å². The fourth-order valence-electron chi connectivity index (χ4n) is 4.23. The Bertz CT molecular complexity index is 1250. The first-order valence-electron chi connectivity index (χ1n) is 10.7.